The Morgan fingerprint density at radius 2 is 2.00 bits per heavy atom. The van der Waals surface area contributed by atoms with E-state index in [1.165, 1.54) is 12.7 Å². The molecule has 154 valence electrons. The third-order valence-corrected chi connectivity index (χ3v) is 4.90. The first-order valence-electron chi connectivity index (χ1n) is 10.2. The SMILES string of the molecule is CC1CC(C)CN(CC(C)Nc2ncnc3[nH]c(C(=O)OC(C)(C)C)cc23)C1. The van der Waals surface area contributed by atoms with Gasteiger partial charge in [0.1, 0.15) is 29.1 Å². The lowest BCUT2D eigenvalue weighted by molar-refractivity contribution is 0.00638. The monoisotopic (exact) mass is 387 g/mol. The summed E-state index contributed by atoms with van der Waals surface area (Å²) in [5.41, 5.74) is 0.476. The van der Waals surface area contributed by atoms with Gasteiger partial charge in [-0.25, -0.2) is 14.8 Å². The molecule has 1 aliphatic heterocycles. The summed E-state index contributed by atoms with van der Waals surface area (Å²) in [6.45, 7) is 15.6. The Hall–Kier alpha value is -2.15. The van der Waals surface area contributed by atoms with Crippen LogP contribution in [0.5, 0.6) is 0 Å². The molecular formula is C21H33N5O2. The summed E-state index contributed by atoms with van der Waals surface area (Å²) in [4.78, 5) is 26.6. The number of anilines is 1. The molecule has 7 nitrogen and oxygen atoms in total. The number of aromatic amines is 1. The highest BCUT2D eigenvalue weighted by molar-refractivity contribution is 5.97. The Bertz CT molecular complexity index is 816. The van der Waals surface area contributed by atoms with Gasteiger partial charge >= 0.3 is 5.97 Å². The molecule has 0 aromatic carbocycles. The van der Waals surface area contributed by atoms with Crippen LogP contribution in [0.1, 0.15) is 58.5 Å². The average Bonchev–Trinajstić information content (AvgIpc) is 2.97. The van der Waals surface area contributed by atoms with Crippen molar-refractivity contribution >= 4 is 22.8 Å². The zero-order chi connectivity index (χ0) is 20.5. The maximum atomic E-state index is 12.4. The molecule has 3 heterocycles. The Balaban J connectivity index is 1.71. The number of rotatable bonds is 5. The molecular weight excluding hydrogens is 354 g/mol. The van der Waals surface area contributed by atoms with Crippen LogP contribution >= 0.6 is 0 Å². The summed E-state index contributed by atoms with van der Waals surface area (Å²) >= 11 is 0. The van der Waals surface area contributed by atoms with Crippen LogP contribution in [-0.2, 0) is 4.74 Å². The molecule has 2 aromatic heterocycles. The van der Waals surface area contributed by atoms with E-state index in [0.29, 0.717) is 11.3 Å². The average molecular weight is 388 g/mol. The first kappa shape index (κ1) is 20.6. The highest BCUT2D eigenvalue weighted by atomic mass is 16.6. The first-order valence-corrected chi connectivity index (χ1v) is 10.2. The van der Waals surface area contributed by atoms with E-state index in [1.807, 2.05) is 20.8 Å². The van der Waals surface area contributed by atoms with Crippen molar-refractivity contribution in [2.45, 2.75) is 59.6 Å². The number of hydrogen-bond donors (Lipinski definition) is 2. The van der Waals surface area contributed by atoms with Crippen molar-refractivity contribution in [3.8, 4) is 0 Å². The number of fused-ring (bicyclic) bond motifs is 1. The molecule has 0 radical (unpaired) electrons. The van der Waals surface area contributed by atoms with Crippen molar-refractivity contribution < 1.29 is 9.53 Å². The molecule has 0 saturated carbocycles. The van der Waals surface area contributed by atoms with Crippen LogP contribution in [0.25, 0.3) is 11.0 Å². The van der Waals surface area contributed by atoms with E-state index in [2.05, 4.69) is 45.9 Å². The van der Waals surface area contributed by atoms with Crippen LogP contribution in [0.4, 0.5) is 5.82 Å². The van der Waals surface area contributed by atoms with Gasteiger partial charge in [0.2, 0.25) is 0 Å². The van der Waals surface area contributed by atoms with Gasteiger partial charge < -0.3 is 19.9 Å². The molecule has 28 heavy (non-hydrogen) atoms. The van der Waals surface area contributed by atoms with Crippen molar-refractivity contribution in [2.75, 3.05) is 25.0 Å². The number of likely N-dealkylation sites (tertiary alicyclic amines) is 1. The summed E-state index contributed by atoms with van der Waals surface area (Å²) in [5.74, 6) is 1.83. The number of nitrogens with zero attached hydrogens (tertiary/aromatic N) is 3. The lowest BCUT2D eigenvalue weighted by Gasteiger charge is -2.36. The summed E-state index contributed by atoms with van der Waals surface area (Å²) in [6, 6.07) is 2.00. The number of carbonyl (C=O) groups excluding carboxylic acids is 1. The molecule has 0 aliphatic carbocycles. The van der Waals surface area contributed by atoms with Crippen LogP contribution in [0.15, 0.2) is 12.4 Å². The molecule has 7 heteroatoms. The Morgan fingerprint density at radius 3 is 2.64 bits per heavy atom. The second kappa shape index (κ2) is 8.07. The largest absolute Gasteiger partial charge is 0.455 e. The maximum Gasteiger partial charge on any atom is 0.355 e. The van der Waals surface area contributed by atoms with E-state index in [9.17, 15) is 4.79 Å². The van der Waals surface area contributed by atoms with E-state index in [-0.39, 0.29) is 12.0 Å². The van der Waals surface area contributed by atoms with Gasteiger partial charge in [0.25, 0.3) is 0 Å². The molecule has 2 N–H and O–H groups in total. The third-order valence-electron chi connectivity index (χ3n) is 4.90. The van der Waals surface area contributed by atoms with Gasteiger partial charge in [0, 0.05) is 25.7 Å². The number of aromatic nitrogens is 3. The zero-order valence-corrected chi connectivity index (χ0v) is 17.9. The number of piperidine rings is 1. The summed E-state index contributed by atoms with van der Waals surface area (Å²) in [5, 5.41) is 4.30. The number of esters is 1. The topological polar surface area (TPSA) is 83.1 Å². The van der Waals surface area contributed by atoms with Gasteiger partial charge in [-0.15, -0.1) is 0 Å². The minimum absolute atomic E-state index is 0.232. The second-order valence-corrected chi connectivity index (χ2v) is 9.38. The van der Waals surface area contributed by atoms with Crippen molar-refractivity contribution in [1.29, 1.82) is 0 Å². The first-order chi connectivity index (χ1) is 13.1. The fourth-order valence-electron chi connectivity index (χ4n) is 4.11. The van der Waals surface area contributed by atoms with Gasteiger partial charge in [0.15, 0.2) is 0 Å². The zero-order valence-electron chi connectivity index (χ0n) is 17.9. The second-order valence-electron chi connectivity index (χ2n) is 9.38. The lowest BCUT2D eigenvalue weighted by atomic mass is 9.92. The molecule has 0 spiro atoms. The van der Waals surface area contributed by atoms with Crippen LogP contribution in [-0.4, -0.2) is 57.1 Å². The normalized spacial score (nSPS) is 22.2. The van der Waals surface area contributed by atoms with E-state index >= 15 is 0 Å². The van der Waals surface area contributed by atoms with Crippen LogP contribution in [0, 0.1) is 11.8 Å². The number of ether oxygens (including phenoxy) is 1. The quantitative estimate of drug-likeness (QED) is 0.762. The fourth-order valence-corrected chi connectivity index (χ4v) is 4.11. The Kier molecular flexibility index (Phi) is 5.93. The van der Waals surface area contributed by atoms with Gasteiger partial charge in [-0.2, -0.15) is 0 Å². The summed E-state index contributed by atoms with van der Waals surface area (Å²) in [6.07, 6.45) is 2.82. The number of nitrogens with one attached hydrogen (secondary N) is 2. The summed E-state index contributed by atoms with van der Waals surface area (Å²) < 4.78 is 5.45. The maximum absolute atomic E-state index is 12.4. The fraction of sp³-hybridized carbons (Fsp3) is 0.667. The molecule has 1 aliphatic rings. The Morgan fingerprint density at radius 1 is 1.32 bits per heavy atom. The predicted octanol–water partition coefficient (Wildman–Crippen LogP) is 3.69. The molecule has 1 fully saturated rings. The number of H-pyrrole nitrogens is 1. The number of carbonyl (C=O) groups is 1. The van der Waals surface area contributed by atoms with Crippen LogP contribution in [0.2, 0.25) is 0 Å². The molecule has 0 bridgehead atoms. The van der Waals surface area contributed by atoms with Crippen LogP contribution < -0.4 is 5.32 Å². The minimum Gasteiger partial charge on any atom is -0.455 e. The highest BCUT2D eigenvalue weighted by Crippen LogP contribution is 2.24. The van der Waals surface area contributed by atoms with Crippen molar-refractivity contribution in [1.82, 2.24) is 19.9 Å². The van der Waals surface area contributed by atoms with Crippen molar-refractivity contribution in [3.05, 3.63) is 18.1 Å². The van der Waals surface area contributed by atoms with E-state index in [0.717, 1.165) is 42.7 Å². The molecule has 1 saturated heterocycles. The van der Waals surface area contributed by atoms with Gasteiger partial charge in [-0.3, -0.25) is 0 Å². The molecule has 3 unspecified atom stereocenters. The van der Waals surface area contributed by atoms with Crippen molar-refractivity contribution in [2.24, 2.45) is 11.8 Å². The van der Waals surface area contributed by atoms with Gasteiger partial charge in [0.05, 0.1) is 5.39 Å². The standard InChI is InChI=1S/C21H33N5O2/c1-13-7-14(2)10-26(9-13)11-15(3)24-18-16-8-17(20(27)28-21(4,5)6)25-19(16)23-12-22-18/h8,12-15H,7,9-11H2,1-6H3,(H2,22,23,24,25). The molecule has 2 aromatic rings. The highest BCUT2D eigenvalue weighted by Gasteiger charge is 2.24. The molecule has 3 atom stereocenters. The Labute approximate surface area is 167 Å². The van der Waals surface area contributed by atoms with E-state index in [1.54, 1.807) is 6.07 Å². The van der Waals surface area contributed by atoms with Gasteiger partial charge in [-0.1, -0.05) is 13.8 Å². The molecule has 3 rings (SSSR count). The minimum atomic E-state index is -0.543. The third kappa shape index (κ3) is 5.22. The molecule has 0 amide bonds. The van der Waals surface area contributed by atoms with E-state index in [4.69, 9.17) is 4.74 Å². The van der Waals surface area contributed by atoms with E-state index < -0.39 is 5.60 Å². The van der Waals surface area contributed by atoms with Gasteiger partial charge in [-0.05, 0) is 52.0 Å². The predicted molar refractivity (Wildman–Crippen MR) is 112 cm³/mol. The van der Waals surface area contributed by atoms with Crippen LogP contribution in [0.3, 0.4) is 0 Å². The lowest BCUT2D eigenvalue weighted by Crippen LogP contribution is -2.43. The summed E-state index contributed by atoms with van der Waals surface area (Å²) in [7, 11) is 0. The number of hydrogen-bond acceptors (Lipinski definition) is 6. The smallest absolute Gasteiger partial charge is 0.355 e. The van der Waals surface area contributed by atoms with Crippen molar-refractivity contribution in [3.63, 3.8) is 0 Å².